The van der Waals surface area contributed by atoms with Crippen LogP contribution in [0.1, 0.15) is 5.56 Å². The van der Waals surface area contributed by atoms with E-state index in [9.17, 15) is 24.1 Å². The number of nitro benzene ring substituents is 1. The zero-order valence-electron chi connectivity index (χ0n) is 13.7. The Morgan fingerprint density at radius 2 is 2.00 bits per heavy atom. The summed E-state index contributed by atoms with van der Waals surface area (Å²) >= 11 is 0.962. The van der Waals surface area contributed by atoms with Gasteiger partial charge in [-0.3, -0.25) is 19.7 Å². The first-order valence-electron chi connectivity index (χ1n) is 7.44. The molecule has 0 aliphatic carbocycles. The Balaban J connectivity index is 1.83. The van der Waals surface area contributed by atoms with Gasteiger partial charge < -0.3 is 10.1 Å². The molecule has 0 saturated heterocycles. The molecule has 1 N–H and O–H groups in total. The van der Waals surface area contributed by atoms with Gasteiger partial charge in [0, 0.05) is 17.0 Å². The van der Waals surface area contributed by atoms with Gasteiger partial charge in [-0.1, -0.05) is 18.2 Å². The van der Waals surface area contributed by atoms with Gasteiger partial charge in [-0.15, -0.1) is 11.8 Å². The zero-order chi connectivity index (χ0) is 19.1. The van der Waals surface area contributed by atoms with Gasteiger partial charge in [0.25, 0.3) is 11.6 Å². The fourth-order valence-electron chi connectivity index (χ4n) is 1.93. The summed E-state index contributed by atoms with van der Waals surface area (Å²) in [6.07, 6.45) is 0. The number of nitro groups is 1. The normalized spacial score (nSPS) is 10.2. The van der Waals surface area contributed by atoms with Crippen molar-refractivity contribution in [2.45, 2.75) is 11.8 Å². The molecule has 0 bridgehead atoms. The minimum absolute atomic E-state index is 0.149. The quantitative estimate of drug-likeness (QED) is 0.343. The van der Waals surface area contributed by atoms with Gasteiger partial charge in [0.15, 0.2) is 6.61 Å². The number of ether oxygens (including phenoxy) is 1. The lowest BCUT2D eigenvalue weighted by atomic mass is 10.2. The number of carbonyl (C=O) groups is 2. The van der Waals surface area contributed by atoms with Crippen LogP contribution in [0.15, 0.2) is 47.4 Å². The second-order valence-electron chi connectivity index (χ2n) is 5.18. The van der Waals surface area contributed by atoms with Crippen molar-refractivity contribution in [1.82, 2.24) is 0 Å². The van der Waals surface area contributed by atoms with Crippen molar-refractivity contribution < 1.29 is 23.6 Å². The number of benzene rings is 2. The standard InChI is InChI=1S/C17H15FN2O5S/c1-11-6-7-12(20(23)24)8-14(11)19-16(21)9-25-17(22)10-26-15-5-3-2-4-13(15)18/h2-8H,9-10H2,1H3,(H,19,21). The van der Waals surface area contributed by atoms with Crippen LogP contribution >= 0.6 is 11.8 Å². The number of carbonyl (C=O) groups excluding carboxylic acids is 2. The number of hydrogen-bond acceptors (Lipinski definition) is 6. The predicted octanol–water partition coefficient (Wildman–Crippen LogP) is 3.32. The molecular formula is C17H15FN2O5S. The van der Waals surface area contributed by atoms with Crippen LogP contribution < -0.4 is 5.32 Å². The highest BCUT2D eigenvalue weighted by Crippen LogP contribution is 2.22. The summed E-state index contributed by atoms with van der Waals surface area (Å²) in [4.78, 5) is 34.0. The van der Waals surface area contributed by atoms with Crippen molar-refractivity contribution in [3.05, 3.63) is 64.0 Å². The third kappa shape index (κ3) is 5.55. The highest BCUT2D eigenvalue weighted by molar-refractivity contribution is 8.00. The number of rotatable bonds is 7. The van der Waals surface area contributed by atoms with Crippen LogP contribution in [-0.4, -0.2) is 29.2 Å². The van der Waals surface area contributed by atoms with Crippen LogP contribution in [0.4, 0.5) is 15.8 Å². The number of nitrogens with one attached hydrogen (secondary N) is 1. The predicted molar refractivity (Wildman–Crippen MR) is 94.5 cm³/mol. The Hall–Kier alpha value is -2.94. The van der Waals surface area contributed by atoms with E-state index in [0.29, 0.717) is 10.5 Å². The van der Waals surface area contributed by atoms with Gasteiger partial charge >= 0.3 is 5.97 Å². The summed E-state index contributed by atoms with van der Waals surface area (Å²) in [6, 6.07) is 10.1. The first-order chi connectivity index (χ1) is 12.4. The van der Waals surface area contributed by atoms with Crippen molar-refractivity contribution >= 4 is 35.0 Å². The van der Waals surface area contributed by atoms with E-state index in [1.807, 2.05) is 0 Å². The van der Waals surface area contributed by atoms with Crippen LogP contribution in [0.3, 0.4) is 0 Å². The third-order valence-corrected chi connectivity index (χ3v) is 4.27. The topological polar surface area (TPSA) is 98.5 Å². The number of esters is 1. The second-order valence-corrected chi connectivity index (χ2v) is 6.20. The first kappa shape index (κ1) is 19.4. The molecule has 1 amide bonds. The van der Waals surface area contributed by atoms with E-state index in [0.717, 1.165) is 11.8 Å². The molecule has 0 unspecified atom stereocenters. The average molecular weight is 378 g/mol. The number of aryl methyl sites for hydroxylation is 1. The van der Waals surface area contributed by atoms with E-state index in [4.69, 9.17) is 4.74 Å². The van der Waals surface area contributed by atoms with Crippen LogP contribution in [0.5, 0.6) is 0 Å². The molecular weight excluding hydrogens is 363 g/mol. The van der Waals surface area contributed by atoms with Crippen LogP contribution in [0, 0.1) is 22.9 Å². The Morgan fingerprint density at radius 3 is 2.69 bits per heavy atom. The van der Waals surface area contributed by atoms with Crippen molar-refractivity contribution in [2.75, 3.05) is 17.7 Å². The van der Waals surface area contributed by atoms with Gasteiger partial charge in [0.2, 0.25) is 0 Å². The minimum atomic E-state index is -0.677. The lowest BCUT2D eigenvalue weighted by Crippen LogP contribution is -2.22. The highest BCUT2D eigenvalue weighted by atomic mass is 32.2. The molecule has 2 aromatic carbocycles. The molecule has 0 aromatic heterocycles. The first-order valence-corrected chi connectivity index (χ1v) is 8.43. The van der Waals surface area contributed by atoms with E-state index in [2.05, 4.69) is 5.32 Å². The van der Waals surface area contributed by atoms with Crippen LogP contribution in [0.2, 0.25) is 0 Å². The molecule has 0 saturated carbocycles. The van der Waals surface area contributed by atoms with Crippen molar-refractivity contribution in [1.29, 1.82) is 0 Å². The van der Waals surface area contributed by atoms with E-state index in [1.165, 1.54) is 36.4 Å². The molecule has 136 valence electrons. The van der Waals surface area contributed by atoms with E-state index >= 15 is 0 Å². The molecule has 7 nitrogen and oxygen atoms in total. The van der Waals surface area contributed by atoms with Gasteiger partial charge in [-0.2, -0.15) is 0 Å². The van der Waals surface area contributed by atoms with Crippen LogP contribution in [-0.2, 0) is 14.3 Å². The maximum absolute atomic E-state index is 13.4. The number of halogens is 1. The minimum Gasteiger partial charge on any atom is -0.455 e. The maximum atomic E-state index is 13.4. The largest absolute Gasteiger partial charge is 0.455 e. The molecule has 0 aliphatic heterocycles. The number of hydrogen-bond donors (Lipinski definition) is 1. The van der Waals surface area contributed by atoms with Crippen LogP contribution in [0.25, 0.3) is 0 Å². The van der Waals surface area contributed by atoms with E-state index < -0.39 is 29.2 Å². The van der Waals surface area contributed by atoms with E-state index in [-0.39, 0.29) is 17.1 Å². The van der Waals surface area contributed by atoms with Crippen molar-refractivity contribution in [3.8, 4) is 0 Å². The summed E-state index contributed by atoms with van der Waals surface area (Å²) in [5.41, 5.74) is 0.732. The summed E-state index contributed by atoms with van der Waals surface area (Å²) in [5, 5.41) is 13.2. The Labute approximate surface area is 152 Å². The van der Waals surface area contributed by atoms with E-state index in [1.54, 1.807) is 13.0 Å². The number of thioether (sulfide) groups is 1. The van der Waals surface area contributed by atoms with Gasteiger partial charge in [0.05, 0.1) is 16.4 Å². The molecule has 9 heteroatoms. The molecule has 0 atom stereocenters. The SMILES string of the molecule is Cc1ccc([N+](=O)[O-])cc1NC(=O)COC(=O)CSc1ccccc1F. The van der Waals surface area contributed by atoms with Gasteiger partial charge in [0.1, 0.15) is 5.82 Å². The number of amides is 1. The fraction of sp³-hybridized carbons (Fsp3) is 0.176. The number of nitrogens with zero attached hydrogens (tertiary/aromatic N) is 1. The Morgan fingerprint density at radius 1 is 1.27 bits per heavy atom. The summed E-state index contributed by atoms with van der Waals surface area (Å²) in [6.45, 7) is 1.13. The average Bonchev–Trinajstić information content (AvgIpc) is 2.61. The second kappa shape index (κ2) is 8.95. The van der Waals surface area contributed by atoms with Crippen molar-refractivity contribution in [2.24, 2.45) is 0 Å². The van der Waals surface area contributed by atoms with Gasteiger partial charge in [-0.05, 0) is 24.6 Å². The monoisotopic (exact) mass is 378 g/mol. The molecule has 2 rings (SSSR count). The highest BCUT2D eigenvalue weighted by Gasteiger charge is 2.13. The Kier molecular flexibility index (Phi) is 6.67. The molecule has 26 heavy (non-hydrogen) atoms. The molecule has 0 spiro atoms. The fourth-order valence-corrected chi connectivity index (χ4v) is 2.67. The number of non-ortho nitro benzene ring substituents is 1. The smallest absolute Gasteiger partial charge is 0.316 e. The summed E-state index contributed by atoms with van der Waals surface area (Å²) in [5.74, 6) is -1.89. The van der Waals surface area contributed by atoms with Crippen molar-refractivity contribution in [3.63, 3.8) is 0 Å². The summed E-state index contributed by atoms with van der Waals surface area (Å²) < 4.78 is 18.3. The van der Waals surface area contributed by atoms with Gasteiger partial charge in [-0.25, -0.2) is 4.39 Å². The molecule has 0 radical (unpaired) electrons. The zero-order valence-corrected chi connectivity index (χ0v) is 14.5. The lowest BCUT2D eigenvalue weighted by molar-refractivity contribution is -0.384. The molecule has 0 aliphatic rings. The lowest BCUT2D eigenvalue weighted by Gasteiger charge is -2.09. The molecule has 0 heterocycles. The molecule has 2 aromatic rings. The molecule has 0 fully saturated rings. The summed E-state index contributed by atoms with van der Waals surface area (Å²) in [7, 11) is 0. The third-order valence-electron chi connectivity index (χ3n) is 3.25. The maximum Gasteiger partial charge on any atom is 0.316 e. The Bertz CT molecular complexity index is 844. The number of anilines is 1.